The minimum atomic E-state index is -4.94. The van der Waals surface area contributed by atoms with E-state index in [-0.39, 0.29) is 12.4 Å². The van der Waals surface area contributed by atoms with Crippen LogP contribution in [0.25, 0.3) is 5.82 Å². The van der Waals surface area contributed by atoms with Crippen LogP contribution < -0.4 is 4.74 Å². The standard InChI is InChI=1S/C17H17F3N4O5S/c1-10(25)29-30(26,27)11-5-6-13(22-8-11)24-15(28-9-16(2,3)4)12(7-21)14(23-24)17(18,19)20/h5-6,8H,9H2,1-4H3. The molecular weight excluding hydrogens is 429 g/mol. The van der Waals surface area contributed by atoms with Crippen LogP contribution in [0.4, 0.5) is 13.2 Å². The van der Waals surface area contributed by atoms with Gasteiger partial charge in [0.15, 0.2) is 11.5 Å². The zero-order chi connectivity index (χ0) is 22.9. The van der Waals surface area contributed by atoms with Crippen molar-refractivity contribution >= 4 is 16.1 Å². The van der Waals surface area contributed by atoms with Crippen LogP contribution in [-0.4, -0.2) is 35.8 Å². The van der Waals surface area contributed by atoms with Crippen LogP contribution in [0.2, 0.25) is 0 Å². The first-order chi connectivity index (χ1) is 13.7. The van der Waals surface area contributed by atoms with Gasteiger partial charge in [0, 0.05) is 6.92 Å². The van der Waals surface area contributed by atoms with Gasteiger partial charge in [-0.1, -0.05) is 20.8 Å². The van der Waals surface area contributed by atoms with Gasteiger partial charge in [-0.2, -0.15) is 36.6 Å². The van der Waals surface area contributed by atoms with Gasteiger partial charge in [0.25, 0.3) is 0 Å². The fourth-order valence-corrected chi connectivity index (χ4v) is 2.95. The van der Waals surface area contributed by atoms with Crippen LogP contribution in [0, 0.1) is 16.7 Å². The first-order valence-electron chi connectivity index (χ1n) is 8.30. The molecule has 2 heterocycles. The predicted molar refractivity (Wildman–Crippen MR) is 95.0 cm³/mol. The topological polar surface area (TPSA) is 124 Å². The molecule has 0 aliphatic carbocycles. The van der Waals surface area contributed by atoms with E-state index in [1.165, 1.54) is 6.07 Å². The molecule has 162 valence electrons. The SMILES string of the molecule is CC(=O)OS(=O)(=O)c1ccc(-n2nc(C(F)(F)F)c(C#N)c2OCC(C)(C)C)nc1. The van der Waals surface area contributed by atoms with Gasteiger partial charge in [-0.05, 0) is 17.5 Å². The molecule has 0 saturated carbocycles. The number of ether oxygens (including phenoxy) is 1. The average molecular weight is 446 g/mol. The second-order valence-electron chi connectivity index (χ2n) is 7.28. The molecule has 0 atom stereocenters. The third kappa shape index (κ3) is 5.26. The average Bonchev–Trinajstić information content (AvgIpc) is 2.97. The highest BCUT2D eigenvalue weighted by Gasteiger charge is 2.41. The molecule has 0 unspecified atom stereocenters. The fourth-order valence-electron chi connectivity index (χ4n) is 2.12. The Labute approximate surface area is 170 Å². The van der Waals surface area contributed by atoms with Gasteiger partial charge in [-0.25, -0.2) is 4.98 Å². The van der Waals surface area contributed by atoms with Crippen LogP contribution in [0.1, 0.15) is 39.0 Å². The fraction of sp³-hybridized carbons (Fsp3) is 0.412. The number of nitrogens with zero attached hydrogens (tertiary/aromatic N) is 4. The van der Waals surface area contributed by atoms with Crippen molar-refractivity contribution < 1.29 is 35.3 Å². The summed E-state index contributed by atoms with van der Waals surface area (Å²) >= 11 is 0. The third-order valence-electron chi connectivity index (χ3n) is 3.32. The summed E-state index contributed by atoms with van der Waals surface area (Å²) in [5.41, 5.74) is -2.74. The van der Waals surface area contributed by atoms with Crippen molar-refractivity contribution in [2.45, 2.75) is 38.8 Å². The molecule has 0 aliphatic heterocycles. The molecule has 0 amide bonds. The number of hydrogen-bond acceptors (Lipinski definition) is 8. The predicted octanol–water partition coefficient (Wildman–Crippen LogP) is 2.83. The summed E-state index contributed by atoms with van der Waals surface area (Å²) in [6.45, 7) is 6.18. The lowest BCUT2D eigenvalue weighted by Gasteiger charge is -2.19. The van der Waals surface area contributed by atoms with E-state index in [0.717, 1.165) is 25.3 Å². The largest absolute Gasteiger partial charge is 0.476 e. The number of halogens is 3. The van der Waals surface area contributed by atoms with Crippen LogP contribution >= 0.6 is 0 Å². The van der Waals surface area contributed by atoms with Crippen molar-refractivity contribution in [3.05, 3.63) is 29.6 Å². The molecule has 0 spiro atoms. The second kappa shape index (κ2) is 7.94. The first-order valence-corrected chi connectivity index (χ1v) is 9.71. The number of hydrogen-bond donors (Lipinski definition) is 0. The maximum Gasteiger partial charge on any atom is 0.436 e. The minimum Gasteiger partial charge on any atom is -0.476 e. The maximum absolute atomic E-state index is 13.3. The van der Waals surface area contributed by atoms with E-state index < -0.39 is 49.7 Å². The normalized spacial score (nSPS) is 12.3. The molecule has 13 heteroatoms. The lowest BCUT2D eigenvalue weighted by Crippen LogP contribution is -2.19. The van der Waals surface area contributed by atoms with Gasteiger partial charge in [-0.15, -0.1) is 0 Å². The Kier molecular flexibility index (Phi) is 6.13. The molecule has 0 aromatic carbocycles. The Morgan fingerprint density at radius 2 is 1.90 bits per heavy atom. The lowest BCUT2D eigenvalue weighted by atomic mass is 9.99. The summed E-state index contributed by atoms with van der Waals surface area (Å²) in [5.74, 6) is -1.80. The van der Waals surface area contributed by atoms with Gasteiger partial charge in [0.05, 0.1) is 12.8 Å². The van der Waals surface area contributed by atoms with Crippen molar-refractivity contribution in [3.8, 4) is 17.8 Å². The number of rotatable bonds is 5. The van der Waals surface area contributed by atoms with E-state index in [1.807, 2.05) is 0 Å². The first kappa shape index (κ1) is 23.1. The maximum atomic E-state index is 13.3. The highest BCUT2D eigenvalue weighted by Crippen LogP contribution is 2.36. The second-order valence-corrected chi connectivity index (χ2v) is 8.83. The molecule has 0 bridgehead atoms. The van der Waals surface area contributed by atoms with Gasteiger partial charge < -0.3 is 8.92 Å². The van der Waals surface area contributed by atoms with Crippen molar-refractivity contribution in [1.29, 1.82) is 5.26 Å². The molecule has 2 aromatic heterocycles. The minimum absolute atomic E-state index is 0.0381. The molecule has 0 N–H and O–H groups in total. The number of carbonyl (C=O) groups excluding carboxylic acids is 1. The molecule has 30 heavy (non-hydrogen) atoms. The quantitative estimate of drug-likeness (QED) is 0.642. The zero-order valence-corrected chi connectivity index (χ0v) is 17.1. The van der Waals surface area contributed by atoms with E-state index in [9.17, 15) is 31.6 Å². The number of nitriles is 1. The van der Waals surface area contributed by atoms with Crippen LogP contribution in [-0.2, 0) is 25.3 Å². The summed E-state index contributed by atoms with van der Waals surface area (Å²) in [7, 11) is -4.43. The highest BCUT2D eigenvalue weighted by atomic mass is 32.2. The Bertz CT molecular complexity index is 1090. The molecule has 2 aromatic rings. The van der Waals surface area contributed by atoms with E-state index in [1.54, 1.807) is 20.8 Å². The van der Waals surface area contributed by atoms with E-state index in [4.69, 9.17) is 4.74 Å². The van der Waals surface area contributed by atoms with Crippen LogP contribution in [0.15, 0.2) is 23.2 Å². The summed E-state index contributed by atoms with van der Waals surface area (Å²) in [5, 5.41) is 12.7. The van der Waals surface area contributed by atoms with Gasteiger partial charge in [0.1, 0.15) is 16.5 Å². The molecule has 9 nitrogen and oxygen atoms in total. The van der Waals surface area contributed by atoms with Gasteiger partial charge in [0.2, 0.25) is 5.88 Å². The molecule has 0 fully saturated rings. The summed E-state index contributed by atoms with van der Waals surface area (Å²) < 4.78 is 74.1. The third-order valence-corrected chi connectivity index (χ3v) is 4.59. The van der Waals surface area contributed by atoms with E-state index >= 15 is 0 Å². The van der Waals surface area contributed by atoms with Crippen LogP contribution in [0.5, 0.6) is 5.88 Å². The molecule has 0 aliphatic rings. The van der Waals surface area contributed by atoms with Crippen LogP contribution in [0.3, 0.4) is 0 Å². The molecule has 0 radical (unpaired) electrons. The number of pyridine rings is 1. The van der Waals surface area contributed by atoms with Crippen molar-refractivity contribution in [1.82, 2.24) is 14.8 Å². The smallest absolute Gasteiger partial charge is 0.436 e. The number of aromatic nitrogens is 3. The van der Waals surface area contributed by atoms with E-state index in [0.29, 0.717) is 4.68 Å². The van der Waals surface area contributed by atoms with Crippen molar-refractivity contribution in [2.24, 2.45) is 5.41 Å². The number of carbonyl (C=O) groups is 1. The summed E-state index contributed by atoms with van der Waals surface area (Å²) in [6.07, 6.45) is -4.16. The molecule has 2 rings (SSSR count). The monoisotopic (exact) mass is 446 g/mol. The number of alkyl halides is 3. The molecule has 0 saturated heterocycles. The Morgan fingerprint density at radius 1 is 1.27 bits per heavy atom. The van der Waals surface area contributed by atoms with Crippen molar-refractivity contribution in [3.63, 3.8) is 0 Å². The summed E-state index contributed by atoms with van der Waals surface area (Å²) in [6, 6.07) is 3.45. The molecular formula is C17H17F3N4O5S. The Balaban J connectivity index is 2.58. The zero-order valence-electron chi connectivity index (χ0n) is 16.3. The van der Waals surface area contributed by atoms with Crippen molar-refractivity contribution in [2.75, 3.05) is 6.61 Å². The summed E-state index contributed by atoms with van der Waals surface area (Å²) in [4.78, 5) is 14.2. The Morgan fingerprint density at radius 3 is 2.33 bits per heavy atom. The highest BCUT2D eigenvalue weighted by molar-refractivity contribution is 7.87. The van der Waals surface area contributed by atoms with Gasteiger partial charge in [-0.3, -0.25) is 4.79 Å². The lowest BCUT2D eigenvalue weighted by molar-refractivity contribution is -0.141. The van der Waals surface area contributed by atoms with E-state index in [2.05, 4.69) is 14.3 Å². The van der Waals surface area contributed by atoms with Gasteiger partial charge >= 0.3 is 22.3 Å². The Hall–Kier alpha value is -3.14.